The first-order valence-electron chi connectivity index (χ1n) is 11.4. The van der Waals surface area contributed by atoms with Crippen molar-refractivity contribution in [2.75, 3.05) is 0 Å². The Morgan fingerprint density at radius 1 is 1.09 bits per heavy atom. The molecule has 0 radical (unpaired) electrons. The Balaban J connectivity index is 1.80. The highest BCUT2D eigenvalue weighted by Crippen LogP contribution is 2.75. The minimum absolute atomic E-state index is 0.194. The summed E-state index contributed by atoms with van der Waals surface area (Å²) in [6.07, 6.45) is -1.87. The summed E-state index contributed by atoms with van der Waals surface area (Å²) in [5, 5.41) is 11.5. The second kappa shape index (κ2) is 6.43. The summed E-state index contributed by atoms with van der Waals surface area (Å²) < 4.78 is 17.4. The van der Waals surface area contributed by atoms with Crippen molar-refractivity contribution in [1.82, 2.24) is 0 Å². The van der Waals surface area contributed by atoms with Gasteiger partial charge in [0.1, 0.15) is 29.1 Å². The number of rotatable bonds is 2. The summed E-state index contributed by atoms with van der Waals surface area (Å²) in [6.45, 7) is 10.7. The third kappa shape index (κ3) is 2.27. The molecule has 174 valence electrons. The number of esters is 3. The highest BCUT2D eigenvalue weighted by Gasteiger charge is 2.85. The van der Waals surface area contributed by atoms with Gasteiger partial charge in [-0.1, -0.05) is 20.4 Å². The Morgan fingerprint density at radius 2 is 1.75 bits per heavy atom. The van der Waals surface area contributed by atoms with Crippen LogP contribution in [0, 0.1) is 34.0 Å². The fourth-order valence-electron chi connectivity index (χ4n) is 8.23. The summed E-state index contributed by atoms with van der Waals surface area (Å²) in [6, 6.07) is 0. The average Bonchev–Trinajstić information content (AvgIpc) is 2.80. The van der Waals surface area contributed by atoms with Crippen molar-refractivity contribution in [3.8, 4) is 0 Å². The van der Waals surface area contributed by atoms with Gasteiger partial charge in [-0.25, -0.2) is 0 Å². The minimum Gasteiger partial charge on any atom is -0.462 e. The van der Waals surface area contributed by atoms with Gasteiger partial charge in [0, 0.05) is 25.7 Å². The van der Waals surface area contributed by atoms with Crippen LogP contribution in [-0.4, -0.2) is 53.2 Å². The van der Waals surface area contributed by atoms with Crippen LogP contribution in [0.3, 0.4) is 0 Å². The summed E-state index contributed by atoms with van der Waals surface area (Å²) in [7, 11) is 0. The Kier molecular flexibility index (Phi) is 4.34. The lowest BCUT2D eigenvalue weighted by Gasteiger charge is -2.70. The van der Waals surface area contributed by atoms with E-state index in [1.54, 1.807) is 0 Å². The van der Waals surface area contributed by atoms with Crippen molar-refractivity contribution >= 4 is 23.7 Å². The molecule has 8 nitrogen and oxygen atoms in total. The molecule has 9 atom stereocenters. The number of carbonyl (C=O) groups is 4. The predicted octanol–water partition coefficient (Wildman–Crippen LogP) is 1.72. The molecule has 32 heavy (non-hydrogen) atoms. The van der Waals surface area contributed by atoms with Gasteiger partial charge in [-0.2, -0.15) is 0 Å². The molecule has 2 spiro atoms. The van der Waals surface area contributed by atoms with Crippen molar-refractivity contribution in [3.05, 3.63) is 12.2 Å². The third-order valence-electron chi connectivity index (χ3n) is 9.20. The molecule has 0 amide bonds. The Labute approximate surface area is 186 Å². The summed E-state index contributed by atoms with van der Waals surface area (Å²) in [5.41, 5.74) is -2.87. The number of Topliss-reactive ketones (excluding diaryl/α,β-unsaturated/α-hetero) is 1. The highest BCUT2D eigenvalue weighted by atomic mass is 16.6. The van der Waals surface area contributed by atoms with Crippen molar-refractivity contribution < 1.29 is 38.5 Å². The smallest absolute Gasteiger partial charge is 0.316 e. The molecule has 6 aliphatic rings. The molecule has 4 aliphatic carbocycles. The second-order valence-corrected chi connectivity index (χ2v) is 10.9. The SMILES string of the molecule is C=C1C(=O)[C@@]23[C@@H]([C@@H](OC(C)=O)C[C@@H]1[C@H]2O)[C@@]12C(=O)O[C@H]3C[C@@H]1C(C)(C)CC[C@H]2OC(C)=O. The van der Waals surface area contributed by atoms with Crippen LogP contribution < -0.4 is 0 Å². The molecule has 4 saturated carbocycles. The maximum Gasteiger partial charge on any atom is 0.316 e. The van der Waals surface area contributed by atoms with Gasteiger partial charge in [0.25, 0.3) is 0 Å². The summed E-state index contributed by atoms with van der Waals surface area (Å²) in [5.74, 6) is -3.60. The number of ether oxygens (including phenoxy) is 3. The van der Waals surface area contributed by atoms with Crippen LogP contribution in [0.15, 0.2) is 12.2 Å². The molecule has 2 saturated heterocycles. The van der Waals surface area contributed by atoms with E-state index < -0.39 is 65.0 Å². The number of hydrogen-bond donors (Lipinski definition) is 1. The van der Waals surface area contributed by atoms with Crippen LogP contribution in [-0.2, 0) is 33.4 Å². The van der Waals surface area contributed by atoms with Gasteiger partial charge >= 0.3 is 17.9 Å². The van der Waals surface area contributed by atoms with Crippen molar-refractivity contribution in [1.29, 1.82) is 0 Å². The van der Waals surface area contributed by atoms with Crippen molar-refractivity contribution in [2.45, 2.75) is 77.8 Å². The van der Waals surface area contributed by atoms with Gasteiger partial charge in [-0.05, 0) is 42.6 Å². The predicted molar refractivity (Wildman–Crippen MR) is 109 cm³/mol. The third-order valence-corrected chi connectivity index (χ3v) is 9.20. The lowest BCUT2D eigenvalue weighted by atomic mass is 9.36. The zero-order chi connectivity index (χ0) is 23.4. The fraction of sp³-hybridized carbons (Fsp3) is 0.750. The number of fused-ring (bicyclic) bond motifs is 2. The summed E-state index contributed by atoms with van der Waals surface area (Å²) in [4.78, 5) is 51.7. The van der Waals surface area contributed by atoms with Crippen molar-refractivity contribution in [3.63, 3.8) is 0 Å². The number of aliphatic hydroxyl groups is 1. The van der Waals surface area contributed by atoms with E-state index in [0.717, 1.165) is 6.42 Å². The number of carbonyl (C=O) groups excluding carboxylic acids is 4. The van der Waals surface area contributed by atoms with Gasteiger partial charge < -0.3 is 19.3 Å². The van der Waals surface area contributed by atoms with Crippen LogP contribution in [0.4, 0.5) is 0 Å². The monoisotopic (exact) mass is 446 g/mol. The summed E-state index contributed by atoms with van der Waals surface area (Å²) >= 11 is 0. The zero-order valence-electron chi connectivity index (χ0n) is 18.9. The van der Waals surface area contributed by atoms with Gasteiger partial charge in [0.2, 0.25) is 0 Å². The zero-order valence-corrected chi connectivity index (χ0v) is 18.9. The number of ketones is 1. The van der Waals surface area contributed by atoms with Gasteiger partial charge in [0.05, 0.1) is 6.10 Å². The Bertz CT molecular complexity index is 952. The van der Waals surface area contributed by atoms with Crippen LogP contribution >= 0.6 is 0 Å². The molecule has 0 aromatic rings. The standard InChI is InChI=1S/C24H30O8/c1-10-13-8-14(30-11(2)25)18-23-15(22(4,5)7-6-16(23)31-12(3)26)9-17(32-21(23)29)24(18,19(10)27)20(13)28/h13-18,20,28H,1,6-9H2,2-5H3/t13-,14-,15+,16+,17-,18-,20+,23+,24+/m0/s1. The van der Waals surface area contributed by atoms with Crippen LogP contribution in [0.1, 0.15) is 53.4 Å². The molecule has 1 N–H and O–H groups in total. The molecule has 6 fully saturated rings. The molecule has 2 aliphatic heterocycles. The maximum atomic E-state index is 13.8. The first-order chi connectivity index (χ1) is 14.9. The van der Waals surface area contributed by atoms with Gasteiger partial charge in [-0.15, -0.1) is 0 Å². The fourth-order valence-corrected chi connectivity index (χ4v) is 8.23. The molecule has 2 heterocycles. The largest absolute Gasteiger partial charge is 0.462 e. The Hall–Kier alpha value is -2.22. The van der Waals surface area contributed by atoms with E-state index >= 15 is 0 Å². The van der Waals surface area contributed by atoms with Crippen molar-refractivity contribution in [2.24, 2.45) is 34.0 Å². The second-order valence-electron chi connectivity index (χ2n) is 10.9. The molecular weight excluding hydrogens is 416 g/mol. The molecule has 6 rings (SSSR count). The topological polar surface area (TPSA) is 116 Å². The van der Waals surface area contributed by atoms with Crippen LogP contribution in [0.5, 0.6) is 0 Å². The van der Waals surface area contributed by atoms with E-state index in [9.17, 15) is 24.3 Å². The van der Waals surface area contributed by atoms with Crippen LogP contribution in [0.25, 0.3) is 0 Å². The molecule has 4 bridgehead atoms. The first kappa shape index (κ1) is 21.6. The first-order valence-corrected chi connectivity index (χ1v) is 11.4. The normalized spacial score (nSPS) is 47.9. The van der Waals surface area contributed by atoms with E-state index in [4.69, 9.17) is 14.2 Å². The quantitative estimate of drug-likeness (QED) is 0.387. The van der Waals surface area contributed by atoms with E-state index in [1.807, 2.05) is 0 Å². The van der Waals surface area contributed by atoms with E-state index in [0.29, 0.717) is 12.8 Å². The number of aliphatic hydroxyl groups excluding tert-OH is 1. The maximum absolute atomic E-state index is 13.8. The van der Waals surface area contributed by atoms with Crippen LogP contribution in [0.2, 0.25) is 0 Å². The van der Waals surface area contributed by atoms with E-state index in [-0.39, 0.29) is 29.1 Å². The van der Waals surface area contributed by atoms with Gasteiger partial charge in [0.15, 0.2) is 5.78 Å². The van der Waals surface area contributed by atoms with E-state index in [2.05, 4.69) is 20.4 Å². The molecule has 0 aromatic heterocycles. The molecule has 0 aromatic carbocycles. The number of hydrogen-bond acceptors (Lipinski definition) is 8. The van der Waals surface area contributed by atoms with Gasteiger partial charge in [-0.3, -0.25) is 19.2 Å². The highest BCUT2D eigenvalue weighted by molar-refractivity contribution is 6.06. The molecular formula is C24H30O8. The minimum atomic E-state index is -1.45. The van der Waals surface area contributed by atoms with E-state index in [1.165, 1.54) is 13.8 Å². The molecule has 0 unspecified atom stereocenters. The average molecular weight is 446 g/mol. The lowest BCUT2D eigenvalue weighted by Crippen LogP contribution is -2.80. The molecule has 8 heteroatoms. The Morgan fingerprint density at radius 3 is 2.38 bits per heavy atom. The lowest BCUT2D eigenvalue weighted by molar-refractivity contribution is -0.317.